The van der Waals surface area contributed by atoms with Crippen LogP contribution < -0.4 is 0 Å². The number of nitrogens with zero attached hydrogens (tertiary/aromatic N) is 1. The average molecular weight is 229 g/mol. The second kappa shape index (κ2) is 9.00. The van der Waals surface area contributed by atoms with Gasteiger partial charge in [-0.3, -0.25) is 0 Å². The first-order chi connectivity index (χ1) is 7.49. The maximum Gasteiger partial charge on any atom is 0.0718 e. The average Bonchev–Trinajstić information content (AvgIpc) is 2.19. The van der Waals surface area contributed by atoms with Gasteiger partial charge in [0.25, 0.3) is 0 Å². The van der Waals surface area contributed by atoms with E-state index in [9.17, 15) is 5.11 Å². The maximum atomic E-state index is 9.75. The zero-order valence-electron chi connectivity index (χ0n) is 11.8. The van der Waals surface area contributed by atoms with Crippen molar-refractivity contribution < 1.29 is 5.11 Å². The van der Waals surface area contributed by atoms with Gasteiger partial charge in [0.05, 0.1) is 5.60 Å². The Morgan fingerprint density at radius 1 is 0.938 bits per heavy atom. The molecule has 2 heteroatoms. The van der Waals surface area contributed by atoms with Crippen molar-refractivity contribution in [2.24, 2.45) is 0 Å². The van der Waals surface area contributed by atoms with Crippen molar-refractivity contribution in [1.29, 1.82) is 0 Å². The third-order valence-electron chi connectivity index (χ3n) is 2.89. The lowest BCUT2D eigenvalue weighted by Crippen LogP contribution is -2.39. The van der Waals surface area contributed by atoms with Gasteiger partial charge in [0.1, 0.15) is 0 Å². The smallest absolute Gasteiger partial charge is 0.0718 e. The van der Waals surface area contributed by atoms with Crippen LogP contribution >= 0.6 is 0 Å². The predicted octanol–water partition coefficient (Wildman–Crippen LogP) is 3.44. The van der Waals surface area contributed by atoms with Gasteiger partial charge in [0, 0.05) is 6.54 Å². The fourth-order valence-corrected chi connectivity index (χ4v) is 2.01. The maximum absolute atomic E-state index is 9.75. The van der Waals surface area contributed by atoms with Crippen molar-refractivity contribution in [2.75, 3.05) is 19.6 Å². The molecule has 98 valence electrons. The van der Waals surface area contributed by atoms with Crippen molar-refractivity contribution in [3.63, 3.8) is 0 Å². The summed E-state index contributed by atoms with van der Waals surface area (Å²) in [6, 6.07) is 0. The van der Waals surface area contributed by atoms with E-state index in [1.165, 1.54) is 38.5 Å². The number of likely N-dealkylation sites (N-methyl/N-ethyl adjacent to an activating group) is 1. The van der Waals surface area contributed by atoms with Gasteiger partial charge < -0.3 is 10.0 Å². The summed E-state index contributed by atoms with van der Waals surface area (Å²) in [5, 5.41) is 9.75. The summed E-state index contributed by atoms with van der Waals surface area (Å²) < 4.78 is 0. The molecule has 0 rings (SSSR count). The zero-order valence-corrected chi connectivity index (χ0v) is 11.8. The van der Waals surface area contributed by atoms with Crippen LogP contribution in [-0.4, -0.2) is 35.2 Å². The largest absolute Gasteiger partial charge is 0.389 e. The van der Waals surface area contributed by atoms with Crippen molar-refractivity contribution in [3.05, 3.63) is 0 Å². The monoisotopic (exact) mass is 229 g/mol. The van der Waals surface area contributed by atoms with E-state index in [4.69, 9.17) is 0 Å². The molecular weight excluding hydrogens is 198 g/mol. The molecule has 0 aromatic carbocycles. The minimum atomic E-state index is -0.557. The van der Waals surface area contributed by atoms with E-state index in [2.05, 4.69) is 18.7 Å². The minimum absolute atomic E-state index is 0.557. The first-order valence-corrected chi connectivity index (χ1v) is 6.94. The van der Waals surface area contributed by atoms with Crippen LogP contribution in [0, 0.1) is 0 Å². The van der Waals surface area contributed by atoms with E-state index < -0.39 is 5.60 Å². The van der Waals surface area contributed by atoms with Crippen molar-refractivity contribution in [2.45, 2.75) is 71.8 Å². The second-order valence-corrected chi connectivity index (χ2v) is 5.45. The quantitative estimate of drug-likeness (QED) is 0.580. The first kappa shape index (κ1) is 15.9. The van der Waals surface area contributed by atoms with E-state index >= 15 is 0 Å². The molecule has 0 fully saturated rings. The van der Waals surface area contributed by atoms with Crippen LogP contribution in [0.1, 0.15) is 66.2 Å². The van der Waals surface area contributed by atoms with Gasteiger partial charge >= 0.3 is 0 Å². The van der Waals surface area contributed by atoms with Gasteiger partial charge in [-0.05, 0) is 33.4 Å². The molecule has 0 aromatic heterocycles. The predicted molar refractivity (Wildman–Crippen MR) is 71.8 cm³/mol. The summed E-state index contributed by atoms with van der Waals surface area (Å²) in [6.45, 7) is 11.2. The van der Waals surface area contributed by atoms with Crippen molar-refractivity contribution in [1.82, 2.24) is 4.90 Å². The van der Waals surface area contributed by atoms with Crippen LogP contribution in [0.25, 0.3) is 0 Å². The zero-order chi connectivity index (χ0) is 12.4. The van der Waals surface area contributed by atoms with Gasteiger partial charge in [-0.2, -0.15) is 0 Å². The SMILES string of the molecule is CCCCCCCCN(CC)CC(C)(C)O. The second-order valence-electron chi connectivity index (χ2n) is 5.45. The third-order valence-corrected chi connectivity index (χ3v) is 2.89. The van der Waals surface area contributed by atoms with Crippen LogP contribution in [-0.2, 0) is 0 Å². The highest BCUT2D eigenvalue weighted by Crippen LogP contribution is 2.08. The summed E-state index contributed by atoms with van der Waals surface area (Å²) in [4.78, 5) is 2.35. The highest BCUT2D eigenvalue weighted by Gasteiger charge is 2.16. The number of unbranched alkanes of at least 4 members (excludes halogenated alkanes) is 5. The Bertz CT molecular complexity index is 151. The van der Waals surface area contributed by atoms with Gasteiger partial charge in [0.15, 0.2) is 0 Å². The van der Waals surface area contributed by atoms with Crippen LogP contribution in [0.4, 0.5) is 0 Å². The van der Waals surface area contributed by atoms with Gasteiger partial charge in [0.2, 0.25) is 0 Å². The van der Waals surface area contributed by atoms with Crippen LogP contribution in [0.15, 0.2) is 0 Å². The molecular formula is C14H31NO. The van der Waals surface area contributed by atoms with Crippen molar-refractivity contribution >= 4 is 0 Å². The molecule has 0 aliphatic heterocycles. The summed E-state index contributed by atoms with van der Waals surface area (Å²) in [5.41, 5.74) is -0.557. The molecule has 0 saturated heterocycles. The number of aliphatic hydroxyl groups is 1. The topological polar surface area (TPSA) is 23.5 Å². The van der Waals surface area contributed by atoms with E-state index in [-0.39, 0.29) is 0 Å². The number of hydrogen-bond donors (Lipinski definition) is 1. The molecule has 2 nitrogen and oxygen atoms in total. The summed E-state index contributed by atoms with van der Waals surface area (Å²) >= 11 is 0. The van der Waals surface area contributed by atoms with Gasteiger partial charge in [-0.15, -0.1) is 0 Å². The number of rotatable bonds is 10. The third kappa shape index (κ3) is 10.4. The molecule has 0 heterocycles. The molecule has 0 atom stereocenters. The van der Waals surface area contributed by atoms with Crippen molar-refractivity contribution in [3.8, 4) is 0 Å². The fourth-order valence-electron chi connectivity index (χ4n) is 2.01. The minimum Gasteiger partial charge on any atom is -0.389 e. The van der Waals surface area contributed by atoms with E-state index in [0.29, 0.717) is 0 Å². The van der Waals surface area contributed by atoms with Gasteiger partial charge in [-0.1, -0.05) is 46.0 Å². The normalized spacial score (nSPS) is 12.4. The first-order valence-electron chi connectivity index (χ1n) is 6.94. The fraction of sp³-hybridized carbons (Fsp3) is 1.00. The Balaban J connectivity index is 3.48. The summed E-state index contributed by atoms with van der Waals surface area (Å²) in [6.07, 6.45) is 8.05. The summed E-state index contributed by atoms with van der Waals surface area (Å²) in [7, 11) is 0. The number of hydrogen-bond acceptors (Lipinski definition) is 2. The molecule has 0 aromatic rings. The summed E-state index contributed by atoms with van der Waals surface area (Å²) in [5.74, 6) is 0. The molecule has 0 saturated carbocycles. The lowest BCUT2D eigenvalue weighted by Gasteiger charge is -2.27. The molecule has 1 N–H and O–H groups in total. The standard InChI is InChI=1S/C14H31NO/c1-5-7-8-9-10-11-12-15(6-2)13-14(3,4)16/h16H,5-13H2,1-4H3. The van der Waals surface area contributed by atoms with E-state index in [1.807, 2.05) is 13.8 Å². The molecule has 0 aliphatic carbocycles. The molecule has 0 bridgehead atoms. The van der Waals surface area contributed by atoms with Crippen LogP contribution in [0.3, 0.4) is 0 Å². The molecule has 0 spiro atoms. The Kier molecular flexibility index (Phi) is 8.96. The van der Waals surface area contributed by atoms with Crippen LogP contribution in [0.5, 0.6) is 0 Å². The van der Waals surface area contributed by atoms with E-state index in [0.717, 1.165) is 19.6 Å². The van der Waals surface area contributed by atoms with E-state index in [1.54, 1.807) is 0 Å². The Morgan fingerprint density at radius 2 is 1.50 bits per heavy atom. The van der Waals surface area contributed by atoms with Crippen LogP contribution in [0.2, 0.25) is 0 Å². The Labute approximate surface area is 102 Å². The Hall–Kier alpha value is -0.0800. The lowest BCUT2D eigenvalue weighted by atomic mass is 10.1. The Morgan fingerprint density at radius 3 is 2.00 bits per heavy atom. The van der Waals surface area contributed by atoms with Gasteiger partial charge in [-0.25, -0.2) is 0 Å². The highest BCUT2D eigenvalue weighted by molar-refractivity contribution is 4.71. The molecule has 0 radical (unpaired) electrons. The molecule has 16 heavy (non-hydrogen) atoms. The lowest BCUT2D eigenvalue weighted by molar-refractivity contribution is 0.0373. The molecule has 0 aliphatic rings. The molecule has 0 unspecified atom stereocenters. The molecule has 0 amide bonds. The highest BCUT2D eigenvalue weighted by atomic mass is 16.3.